The van der Waals surface area contributed by atoms with Crippen LogP contribution in [0.5, 0.6) is 0 Å². The second-order valence-corrected chi connectivity index (χ2v) is 4.70. The van der Waals surface area contributed by atoms with E-state index in [2.05, 4.69) is 10.6 Å². The third-order valence-electron chi connectivity index (χ3n) is 3.22. The van der Waals surface area contributed by atoms with E-state index in [1.54, 1.807) is 0 Å². The van der Waals surface area contributed by atoms with Gasteiger partial charge in [0, 0.05) is 30.6 Å². The molecule has 6 nitrogen and oxygen atoms in total. The molecule has 1 aromatic carbocycles. The fourth-order valence-corrected chi connectivity index (χ4v) is 2.39. The summed E-state index contributed by atoms with van der Waals surface area (Å²) in [5, 5.41) is 13.5. The van der Waals surface area contributed by atoms with Gasteiger partial charge in [0.1, 0.15) is 17.6 Å². The fourth-order valence-electron chi connectivity index (χ4n) is 2.39. The Kier molecular flexibility index (Phi) is 3.88. The van der Waals surface area contributed by atoms with Crippen molar-refractivity contribution in [2.24, 2.45) is 5.92 Å². The van der Waals surface area contributed by atoms with E-state index >= 15 is 0 Å². The van der Waals surface area contributed by atoms with Gasteiger partial charge >= 0.3 is 5.97 Å². The summed E-state index contributed by atoms with van der Waals surface area (Å²) < 4.78 is 28.1. The molecule has 0 aromatic heterocycles. The van der Waals surface area contributed by atoms with Gasteiger partial charge in [0.05, 0.1) is 0 Å². The Morgan fingerprint density at radius 2 is 1.90 bits per heavy atom. The molecule has 3 N–H and O–H groups in total. The van der Waals surface area contributed by atoms with Crippen molar-refractivity contribution in [2.75, 3.05) is 11.9 Å². The van der Waals surface area contributed by atoms with E-state index in [0.29, 0.717) is 0 Å². The van der Waals surface area contributed by atoms with Crippen molar-refractivity contribution in [1.82, 2.24) is 5.32 Å². The zero-order chi connectivity index (χ0) is 15.7. The van der Waals surface area contributed by atoms with Crippen molar-refractivity contribution in [3.63, 3.8) is 0 Å². The molecule has 21 heavy (non-hydrogen) atoms. The summed E-state index contributed by atoms with van der Waals surface area (Å²) in [4.78, 5) is 33.4. The van der Waals surface area contributed by atoms with Gasteiger partial charge in [0.2, 0.25) is 11.8 Å². The number of amides is 2. The van der Waals surface area contributed by atoms with Gasteiger partial charge in [0.15, 0.2) is 0 Å². The normalized spacial score (nSPS) is 21.0. The third-order valence-corrected chi connectivity index (χ3v) is 3.22. The summed E-state index contributed by atoms with van der Waals surface area (Å²) in [5.41, 5.74) is -0.555. The molecule has 112 valence electrons. The molecular weight excluding hydrogens is 286 g/mol. The number of carboxylic acids is 1. The zero-order valence-electron chi connectivity index (χ0n) is 10.9. The highest BCUT2D eigenvalue weighted by atomic mass is 19.1. The molecule has 1 saturated heterocycles. The molecule has 8 heteroatoms. The van der Waals surface area contributed by atoms with Crippen LogP contribution in [0.25, 0.3) is 0 Å². The zero-order valence-corrected chi connectivity index (χ0v) is 10.9. The number of carbonyl (C=O) groups excluding carboxylic acids is 2. The van der Waals surface area contributed by atoms with Crippen LogP contribution in [0.1, 0.15) is 18.4 Å². The number of benzene rings is 1. The van der Waals surface area contributed by atoms with E-state index in [4.69, 9.17) is 5.11 Å². The highest BCUT2D eigenvalue weighted by molar-refractivity contribution is 6.00. The number of aliphatic carboxylic acids is 1. The maximum atomic E-state index is 14.1. The summed E-state index contributed by atoms with van der Waals surface area (Å²) >= 11 is 0. The van der Waals surface area contributed by atoms with Crippen LogP contribution in [0.2, 0.25) is 0 Å². The highest BCUT2D eigenvalue weighted by Crippen LogP contribution is 2.34. The van der Waals surface area contributed by atoms with Crippen molar-refractivity contribution in [2.45, 2.75) is 12.8 Å². The predicted molar refractivity (Wildman–Crippen MR) is 67.5 cm³/mol. The first-order valence-electron chi connectivity index (χ1n) is 6.08. The van der Waals surface area contributed by atoms with Crippen LogP contribution in [-0.2, 0) is 14.4 Å². The number of hydrogen-bond acceptors (Lipinski definition) is 3. The molecule has 0 bridgehead atoms. The smallest absolute Gasteiger partial charge is 0.316 e. The minimum Gasteiger partial charge on any atom is -0.481 e. The molecule has 1 heterocycles. The van der Waals surface area contributed by atoms with Gasteiger partial charge in [-0.25, -0.2) is 8.78 Å². The molecule has 2 amide bonds. The Balaban J connectivity index is 2.42. The topological polar surface area (TPSA) is 95.5 Å². The first-order chi connectivity index (χ1) is 9.81. The number of carbonyl (C=O) groups is 3. The highest BCUT2D eigenvalue weighted by Gasteiger charge is 2.43. The van der Waals surface area contributed by atoms with E-state index in [1.807, 2.05) is 0 Å². The lowest BCUT2D eigenvalue weighted by Crippen LogP contribution is -2.27. The maximum Gasteiger partial charge on any atom is 0.316 e. The first kappa shape index (κ1) is 14.9. The largest absolute Gasteiger partial charge is 0.481 e. The van der Waals surface area contributed by atoms with Crippen LogP contribution in [0.3, 0.4) is 0 Å². The van der Waals surface area contributed by atoms with Crippen LogP contribution in [0, 0.1) is 17.6 Å². The molecule has 0 radical (unpaired) electrons. The van der Waals surface area contributed by atoms with E-state index in [9.17, 15) is 23.2 Å². The van der Waals surface area contributed by atoms with Gasteiger partial charge in [-0.15, -0.1) is 0 Å². The SMILES string of the molecule is CC(=O)Nc1cc(F)c(C2CNC(=O)C2C(=O)O)c(F)c1. The van der Waals surface area contributed by atoms with Crippen molar-refractivity contribution in [3.05, 3.63) is 29.3 Å². The fraction of sp³-hybridized carbons (Fsp3) is 0.308. The van der Waals surface area contributed by atoms with Gasteiger partial charge < -0.3 is 15.7 Å². The van der Waals surface area contributed by atoms with Gasteiger partial charge in [0.25, 0.3) is 0 Å². The van der Waals surface area contributed by atoms with Crippen LogP contribution in [0.4, 0.5) is 14.5 Å². The maximum absolute atomic E-state index is 14.1. The average molecular weight is 298 g/mol. The number of nitrogens with one attached hydrogen (secondary N) is 2. The molecule has 1 aromatic rings. The van der Waals surface area contributed by atoms with Crippen LogP contribution >= 0.6 is 0 Å². The van der Waals surface area contributed by atoms with Gasteiger partial charge in [-0.1, -0.05) is 0 Å². The molecule has 2 atom stereocenters. The number of hydrogen-bond donors (Lipinski definition) is 3. The molecule has 0 aliphatic carbocycles. The lowest BCUT2D eigenvalue weighted by Gasteiger charge is -2.16. The van der Waals surface area contributed by atoms with Crippen molar-refractivity contribution in [3.8, 4) is 0 Å². The van der Waals surface area contributed by atoms with E-state index in [-0.39, 0.29) is 12.2 Å². The molecule has 1 aliphatic heterocycles. The molecule has 0 saturated carbocycles. The quantitative estimate of drug-likeness (QED) is 0.720. The lowest BCUT2D eigenvalue weighted by molar-refractivity contribution is -0.145. The average Bonchev–Trinajstić information content (AvgIpc) is 2.69. The predicted octanol–water partition coefficient (Wildman–Crippen LogP) is 0.837. The monoisotopic (exact) mass is 298 g/mol. The van der Waals surface area contributed by atoms with Crippen LogP contribution in [-0.4, -0.2) is 29.4 Å². The number of halogens is 2. The molecule has 2 unspecified atom stereocenters. The van der Waals surface area contributed by atoms with Gasteiger partial charge in [-0.3, -0.25) is 14.4 Å². The Bertz CT molecular complexity index is 610. The second kappa shape index (κ2) is 5.47. The summed E-state index contributed by atoms with van der Waals surface area (Å²) in [6.45, 7) is 1.02. The molecule has 2 rings (SSSR count). The Hall–Kier alpha value is -2.51. The van der Waals surface area contributed by atoms with E-state index in [1.165, 1.54) is 6.92 Å². The van der Waals surface area contributed by atoms with Gasteiger partial charge in [-0.2, -0.15) is 0 Å². The Morgan fingerprint density at radius 3 is 2.38 bits per heavy atom. The first-order valence-corrected chi connectivity index (χ1v) is 6.08. The second-order valence-electron chi connectivity index (χ2n) is 4.70. The molecular formula is C13H12F2N2O4. The standard InChI is InChI=1S/C13H12F2N2O4/c1-5(18)17-6-2-8(14)10(9(15)3-6)7-4-16-12(19)11(7)13(20)21/h2-3,7,11H,4H2,1H3,(H,16,19)(H,17,18)(H,20,21). The minimum atomic E-state index is -1.54. The van der Waals surface area contributed by atoms with E-state index < -0.39 is 46.8 Å². The minimum absolute atomic E-state index is 0.0783. The van der Waals surface area contributed by atoms with Gasteiger partial charge in [-0.05, 0) is 12.1 Å². The van der Waals surface area contributed by atoms with E-state index in [0.717, 1.165) is 12.1 Å². The number of carboxylic acid groups (broad SMARTS) is 1. The van der Waals surface area contributed by atoms with Crippen molar-refractivity contribution < 1.29 is 28.3 Å². The summed E-state index contributed by atoms with van der Waals surface area (Å²) in [5.74, 6) is -7.42. The lowest BCUT2D eigenvalue weighted by atomic mass is 9.87. The number of rotatable bonds is 3. The Labute approximate surface area is 118 Å². The molecule has 1 aliphatic rings. The molecule has 0 spiro atoms. The van der Waals surface area contributed by atoms with Crippen molar-refractivity contribution >= 4 is 23.5 Å². The summed E-state index contributed by atoms with van der Waals surface area (Å²) in [6, 6.07) is 1.78. The van der Waals surface area contributed by atoms with Crippen LogP contribution < -0.4 is 10.6 Å². The summed E-state index contributed by atoms with van der Waals surface area (Å²) in [6.07, 6.45) is 0. The molecule has 1 fully saturated rings. The van der Waals surface area contributed by atoms with Crippen LogP contribution in [0.15, 0.2) is 12.1 Å². The number of anilines is 1. The third kappa shape index (κ3) is 2.83. The van der Waals surface area contributed by atoms with Crippen molar-refractivity contribution in [1.29, 1.82) is 0 Å². The summed E-state index contributed by atoms with van der Waals surface area (Å²) in [7, 11) is 0. The Morgan fingerprint density at radius 1 is 1.33 bits per heavy atom.